The number of nitrogens with zero attached hydrogens (tertiary/aromatic N) is 1. The van der Waals surface area contributed by atoms with Gasteiger partial charge in [0, 0.05) is 53.7 Å². The third-order valence-corrected chi connectivity index (χ3v) is 6.05. The van der Waals surface area contributed by atoms with Crippen molar-refractivity contribution in [1.29, 1.82) is 0 Å². The number of hydrogen-bond acceptors (Lipinski definition) is 7. The van der Waals surface area contributed by atoms with Crippen LogP contribution in [-0.4, -0.2) is 35.7 Å². The number of nitrogens with two attached hydrogens (primary N) is 1. The lowest BCUT2D eigenvalue weighted by Gasteiger charge is -2.11. The number of carbonyl (C=O) groups excluding carboxylic acids is 1. The van der Waals surface area contributed by atoms with Crippen LogP contribution in [-0.2, 0) is 0 Å². The first kappa shape index (κ1) is 26.0. The molecule has 0 radical (unpaired) electrons. The molecule has 0 amide bonds. The molecule has 12 heteroatoms. The summed E-state index contributed by atoms with van der Waals surface area (Å²) in [7, 11) is 1.74. The molecule has 0 unspecified atom stereocenters. The second-order valence-electron chi connectivity index (χ2n) is 7.74. The van der Waals surface area contributed by atoms with Crippen LogP contribution in [0.25, 0.3) is 16.6 Å². The Balaban J connectivity index is 1.58. The number of nitrogens with one attached hydrogen (secondary N) is 3. The lowest BCUT2D eigenvalue weighted by Crippen LogP contribution is -2.17. The monoisotopic (exact) mass is 531 g/mol. The van der Waals surface area contributed by atoms with E-state index in [1.54, 1.807) is 31.6 Å². The van der Waals surface area contributed by atoms with Crippen molar-refractivity contribution in [2.45, 2.75) is 11.3 Å². The molecular weight excluding hydrogens is 510 g/mol. The molecule has 2 heterocycles. The first-order chi connectivity index (χ1) is 17.7. The molecular formula is C25H21F4N5O2S. The molecule has 4 rings (SSSR count). The molecule has 0 atom stereocenters. The fraction of sp³-hybridized carbons (Fsp3) is 0.120. The molecule has 0 bridgehead atoms. The van der Waals surface area contributed by atoms with E-state index >= 15 is 0 Å². The average molecular weight is 532 g/mol. The summed E-state index contributed by atoms with van der Waals surface area (Å²) in [6.45, 7) is 0.243. The second-order valence-corrected chi connectivity index (χ2v) is 8.62. The number of pyridine rings is 1. The quantitative estimate of drug-likeness (QED) is 0.129. The third kappa shape index (κ3) is 6.22. The van der Waals surface area contributed by atoms with Gasteiger partial charge in [-0.1, -0.05) is 6.07 Å². The van der Waals surface area contributed by atoms with Crippen molar-refractivity contribution < 1.29 is 27.1 Å². The number of fused-ring (bicyclic) bond motifs is 1. The normalized spacial score (nSPS) is 12.0. The highest BCUT2D eigenvalue weighted by Crippen LogP contribution is 2.30. The fourth-order valence-corrected chi connectivity index (χ4v) is 4.25. The van der Waals surface area contributed by atoms with Gasteiger partial charge in [0.05, 0.1) is 5.56 Å². The number of carbonyl (C=O) groups is 1. The molecule has 192 valence electrons. The average Bonchev–Trinajstić information content (AvgIpc) is 3.29. The smallest absolute Gasteiger partial charge is 0.406 e. The van der Waals surface area contributed by atoms with Crippen molar-refractivity contribution in [2.24, 2.45) is 5.73 Å². The number of aromatic amines is 1. The van der Waals surface area contributed by atoms with Gasteiger partial charge in [-0.05, 0) is 65.5 Å². The summed E-state index contributed by atoms with van der Waals surface area (Å²) in [5.74, 6) is -1.66. The number of ether oxygens (including phenoxy) is 1. The summed E-state index contributed by atoms with van der Waals surface area (Å²) in [6, 6.07) is 11.0. The van der Waals surface area contributed by atoms with Crippen molar-refractivity contribution in [1.82, 2.24) is 15.3 Å². The number of alkyl halides is 3. The lowest BCUT2D eigenvalue weighted by molar-refractivity contribution is -0.274. The van der Waals surface area contributed by atoms with Gasteiger partial charge in [-0.15, -0.1) is 13.2 Å². The van der Waals surface area contributed by atoms with Crippen LogP contribution in [0, 0.1) is 5.82 Å². The highest BCUT2D eigenvalue weighted by molar-refractivity contribution is 8.00. The molecule has 0 aliphatic carbocycles. The summed E-state index contributed by atoms with van der Waals surface area (Å²) in [6.07, 6.45) is 0.0133. The standard InChI is InChI=1S/C25H21F4N5O2S/c1-31-11-15(10-30)14-7-19-21(13-33-24(19)32-12-14)23(35)20-8-16(5-6-22(20)26)34-37-18-4-2-3-17(9-18)36-25(27,28)29/h2-9,11-13,31,34H,10,30H2,1H3,(H,32,33)/b15-11+. The molecule has 0 saturated carbocycles. The summed E-state index contributed by atoms with van der Waals surface area (Å²) in [5, 5.41) is 3.42. The molecule has 2 aromatic carbocycles. The predicted molar refractivity (Wildman–Crippen MR) is 135 cm³/mol. The number of rotatable bonds is 9. The molecule has 0 saturated heterocycles. The van der Waals surface area contributed by atoms with Crippen molar-refractivity contribution in [3.63, 3.8) is 0 Å². The Kier molecular flexibility index (Phi) is 7.69. The van der Waals surface area contributed by atoms with E-state index in [9.17, 15) is 22.4 Å². The molecule has 37 heavy (non-hydrogen) atoms. The Bertz CT molecular complexity index is 1470. The number of hydrogen-bond donors (Lipinski definition) is 4. The first-order valence-corrected chi connectivity index (χ1v) is 11.7. The minimum atomic E-state index is -4.81. The largest absolute Gasteiger partial charge is 0.573 e. The minimum Gasteiger partial charge on any atom is -0.406 e. The van der Waals surface area contributed by atoms with Crippen LogP contribution in [0.15, 0.2) is 72.0 Å². The van der Waals surface area contributed by atoms with Gasteiger partial charge >= 0.3 is 6.36 Å². The van der Waals surface area contributed by atoms with E-state index in [1.807, 2.05) is 0 Å². The van der Waals surface area contributed by atoms with Gasteiger partial charge in [-0.3, -0.25) is 4.79 Å². The van der Waals surface area contributed by atoms with E-state index < -0.39 is 18.0 Å². The molecule has 0 fully saturated rings. The van der Waals surface area contributed by atoms with Crippen molar-refractivity contribution in [3.05, 3.63) is 89.6 Å². The van der Waals surface area contributed by atoms with Gasteiger partial charge < -0.3 is 25.5 Å². The summed E-state index contributed by atoms with van der Waals surface area (Å²) in [5.41, 5.74) is 8.17. The van der Waals surface area contributed by atoms with Gasteiger partial charge in [0.1, 0.15) is 17.2 Å². The van der Waals surface area contributed by atoms with Crippen LogP contribution < -0.4 is 20.5 Å². The van der Waals surface area contributed by atoms with Crippen LogP contribution in [0.4, 0.5) is 23.2 Å². The number of anilines is 1. The Hall–Kier alpha value is -4.03. The number of ketones is 1. The van der Waals surface area contributed by atoms with E-state index in [0.29, 0.717) is 27.2 Å². The zero-order valence-electron chi connectivity index (χ0n) is 19.3. The van der Waals surface area contributed by atoms with Crippen LogP contribution in [0.3, 0.4) is 0 Å². The van der Waals surface area contributed by atoms with Crippen LogP contribution >= 0.6 is 11.9 Å². The molecule has 2 aromatic heterocycles. The highest BCUT2D eigenvalue weighted by atomic mass is 32.2. The third-order valence-electron chi connectivity index (χ3n) is 5.22. The van der Waals surface area contributed by atoms with Crippen molar-refractivity contribution in [3.8, 4) is 5.75 Å². The predicted octanol–water partition coefficient (Wildman–Crippen LogP) is 5.47. The van der Waals surface area contributed by atoms with E-state index in [2.05, 4.69) is 24.7 Å². The van der Waals surface area contributed by atoms with Crippen LogP contribution in [0.1, 0.15) is 21.5 Å². The summed E-state index contributed by atoms with van der Waals surface area (Å²) in [4.78, 5) is 21.0. The fourth-order valence-electron chi connectivity index (χ4n) is 3.56. The van der Waals surface area contributed by atoms with Gasteiger partial charge in [-0.25, -0.2) is 9.37 Å². The number of benzene rings is 2. The Morgan fingerprint density at radius 2 is 2.00 bits per heavy atom. The van der Waals surface area contributed by atoms with Gasteiger partial charge in [0.15, 0.2) is 5.78 Å². The lowest BCUT2D eigenvalue weighted by atomic mass is 10.0. The maximum absolute atomic E-state index is 14.7. The highest BCUT2D eigenvalue weighted by Gasteiger charge is 2.31. The number of H-pyrrole nitrogens is 1. The number of aromatic nitrogens is 2. The van der Waals surface area contributed by atoms with Gasteiger partial charge in [0.2, 0.25) is 0 Å². The molecule has 0 aliphatic rings. The van der Waals surface area contributed by atoms with Gasteiger partial charge in [0.25, 0.3) is 0 Å². The van der Waals surface area contributed by atoms with Crippen molar-refractivity contribution >= 4 is 40.0 Å². The minimum absolute atomic E-state index is 0.184. The van der Waals surface area contributed by atoms with E-state index in [1.165, 1.54) is 36.5 Å². The molecule has 4 aromatic rings. The van der Waals surface area contributed by atoms with E-state index in [4.69, 9.17) is 5.73 Å². The Labute approximate surface area is 213 Å². The van der Waals surface area contributed by atoms with E-state index in [0.717, 1.165) is 23.6 Å². The first-order valence-electron chi connectivity index (χ1n) is 10.9. The zero-order chi connectivity index (χ0) is 26.6. The van der Waals surface area contributed by atoms with Crippen LogP contribution in [0.5, 0.6) is 5.75 Å². The molecule has 0 spiro atoms. The maximum atomic E-state index is 14.7. The SMILES string of the molecule is CN/C=C(\CN)c1cnc2[nH]cc(C(=O)c3cc(NSc4cccc(OC(F)(F)F)c4)ccc3F)c2c1. The molecule has 0 aliphatic heterocycles. The summed E-state index contributed by atoms with van der Waals surface area (Å²) < 4.78 is 59.0. The Morgan fingerprint density at radius 1 is 1.19 bits per heavy atom. The summed E-state index contributed by atoms with van der Waals surface area (Å²) >= 11 is 0.981. The molecule has 7 nitrogen and oxygen atoms in total. The topological polar surface area (TPSA) is 105 Å². The van der Waals surface area contributed by atoms with E-state index in [-0.39, 0.29) is 23.4 Å². The second kappa shape index (κ2) is 10.9. The van der Waals surface area contributed by atoms with Crippen LogP contribution in [0.2, 0.25) is 0 Å². The number of halogens is 4. The van der Waals surface area contributed by atoms with Gasteiger partial charge in [-0.2, -0.15) is 0 Å². The zero-order valence-corrected chi connectivity index (χ0v) is 20.1. The molecule has 5 N–H and O–H groups in total. The Morgan fingerprint density at radius 3 is 2.73 bits per heavy atom. The maximum Gasteiger partial charge on any atom is 0.573 e. The van der Waals surface area contributed by atoms with Crippen molar-refractivity contribution in [2.75, 3.05) is 18.3 Å².